The van der Waals surface area contributed by atoms with Gasteiger partial charge in [0.25, 0.3) is 5.91 Å². The third kappa shape index (κ3) is 2.36. The summed E-state index contributed by atoms with van der Waals surface area (Å²) >= 11 is 0. The second kappa shape index (κ2) is 5.59. The van der Waals surface area contributed by atoms with E-state index in [0.717, 1.165) is 0 Å². The number of esters is 1. The molecule has 3 atom stereocenters. The summed E-state index contributed by atoms with van der Waals surface area (Å²) in [7, 11) is 0. The number of hydrogen-bond acceptors (Lipinski definition) is 6. The minimum absolute atomic E-state index is 0.0594. The molecule has 1 aliphatic carbocycles. The fourth-order valence-electron chi connectivity index (χ4n) is 3.36. The third-order valence-electron chi connectivity index (χ3n) is 4.49. The van der Waals surface area contributed by atoms with Crippen LogP contribution in [0.1, 0.15) is 37.7 Å². The molecule has 0 aromatic carbocycles. The summed E-state index contributed by atoms with van der Waals surface area (Å²) in [5.41, 5.74) is -2.23. The summed E-state index contributed by atoms with van der Waals surface area (Å²) in [6, 6.07) is 3.05. The van der Waals surface area contributed by atoms with E-state index in [-0.39, 0.29) is 18.0 Å². The standard InChI is InChI=1S/C17H19NO6/c1-4-22-13-9-16(3)11(10(2)19)8-17(13,15(21)24-16)18-14(20)12-6-5-7-23-12/h5-8,13H,4,9H2,1-3H3,(H,18,20)/t13-,16-,17+/m0/s1. The molecule has 0 spiro atoms. The lowest BCUT2D eigenvalue weighted by molar-refractivity contribution is -0.190. The fourth-order valence-corrected chi connectivity index (χ4v) is 3.36. The normalized spacial score (nSPS) is 31.4. The lowest BCUT2D eigenvalue weighted by Gasteiger charge is -2.52. The number of ketones is 1. The molecule has 1 aromatic rings. The van der Waals surface area contributed by atoms with Crippen molar-refractivity contribution in [2.45, 2.75) is 44.4 Å². The summed E-state index contributed by atoms with van der Waals surface area (Å²) in [5, 5.41) is 2.65. The van der Waals surface area contributed by atoms with Gasteiger partial charge in [0, 0.05) is 18.6 Å². The van der Waals surface area contributed by atoms with Gasteiger partial charge in [0.05, 0.1) is 12.4 Å². The Kier molecular flexibility index (Phi) is 3.83. The zero-order valence-corrected chi connectivity index (χ0v) is 13.8. The number of ether oxygens (including phenoxy) is 2. The molecule has 1 fully saturated rings. The number of nitrogens with one attached hydrogen (secondary N) is 1. The molecule has 0 saturated carbocycles. The van der Waals surface area contributed by atoms with Crippen LogP contribution in [0.4, 0.5) is 0 Å². The topological polar surface area (TPSA) is 94.8 Å². The molecule has 3 aliphatic rings. The molecule has 1 N–H and O–H groups in total. The number of rotatable bonds is 5. The highest BCUT2D eigenvalue weighted by Crippen LogP contribution is 2.45. The number of carbonyl (C=O) groups excluding carboxylic acids is 3. The average molecular weight is 333 g/mol. The smallest absolute Gasteiger partial charge is 0.339 e. The van der Waals surface area contributed by atoms with Crippen LogP contribution in [-0.4, -0.2) is 41.5 Å². The van der Waals surface area contributed by atoms with E-state index in [4.69, 9.17) is 13.9 Å². The number of fused-ring (bicyclic) bond motifs is 2. The molecule has 1 aromatic heterocycles. The summed E-state index contributed by atoms with van der Waals surface area (Å²) in [4.78, 5) is 37.1. The van der Waals surface area contributed by atoms with E-state index in [1.807, 2.05) is 0 Å². The fraction of sp³-hybridized carbons (Fsp3) is 0.471. The number of furan rings is 1. The third-order valence-corrected chi connectivity index (χ3v) is 4.49. The average Bonchev–Trinajstić information content (AvgIpc) is 3.03. The van der Waals surface area contributed by atoms with E-state index in [0.29, 0.717) is 12.2 Å². The molecule has 3 heterocycles. The number of amides is 1. The van der Waals surface area contributed by atoms with Crippen molar-refractivity contribution < 1.29 is 28.3 Å². The highest BCUT2D eigenvalue weighted by Gasteiger charge is 2.62. The highest BCUT2D eigenvalue weighted by molar-refractivity contribution is 6.04. The lowest BCUT2D eigenvalue weighted by Crippen LogP contribution is -2.71. The first-order chi connectivity index (χ1) is 11.3. The Bertz CT molecular complexity index is 721. The molecule has 2 aliphatic heterocycles. The van der Waals surface area contributed by atoms with Crippen LogP contribution in [0.15, 0.2) is 34.5 Å². The van der Waals surface area contributed by atoms with Crippen LogP contribution in [0, 0.1) is 0 Å². The first-order valence-electron chi connectivity index (χ1n) is 7.78. The molecule has 7 nitrogen and oxygen atoms in total. The first-order valence-corrected chi connectivity index (χ1v) is 7.78. The van der Waals surface area contributed by atoms with Crippen LogP contribution in [0.3, 0.4) is 0 Å². The zero-order valence-electron chi connectivity index (χ0n) is 13.8. The Hall–Kier alpha value is -2.41. The van der Waals surface area contributed by atoms with Gasteiger partial charge in [-0.3, -0.25) is 9.59 Å². The molecule has 4 rings (SSSR count). The lowest BCUT2D eigenvalue weighted by atomic mass is 9.69. The molecule has 1 saturated heterocycles. The highest BCUT2D eigenvalue weighted by atomic mass is 16.6. The van der Waals surface area contributed by atoms with Crippen LogP contribution < -0.4 is 5.32 Å². The summed E-state index contributed by atoms with van der Waals surface area (Å²) in [6.07, 6.45) is 2.50. The maximum Gasteiger partial charge on any atom is 0.339 e. The van der Waals surface area contributed by atoms with Crippen LogP contribution in [0.5, 0.6) is 0 Å². The maximum atomic E-state index is 12.6. The zero-order chi connectivity index (χ0) is 17.5. The Morgan fingerprint density at radius 1 is 1.46 bits per heavy atom. The molecule has 7 heteroatoms. The Labute approximate surface area is 139 Å². The van der Waals surface area contributed by atoms with E-state index in [1.54, 1.807) is 19.9 Å². The predicted octanol–water partition coefficient (Wildman–Crippen LogP) is 1.39. The molecule has 0 unspecified atom stereocenters. The number of Topliss-reactive ketones (excluding diaryl/α,β-unsaturated/α-hetero) is 1. The quantitative estimate of drug-likeness (QED) is 0.818. The predicted molar refractivity (Wildman–Crippen MR) is 82.2 cm³/mol. The Balaban J connectivity index is 2.06. The van der Waals surface area contributed by atoms with Crippen molar-refractivity contribution in [2.75, 3.05) is 6.61 Å². The second-order valence-corrected chi connectivity index (χ2v) is 6.18. The Morgan fingerprint density at radius 2 is 2.21 bits per heavy atom. The van der Waals surface area contributed by atoms with Gasteiger partial charge in [0.1, 0.15) is 5.60 Å². The van der Waals surface area contributed by atoms with Crippen molar-refractivity contribution in [2.24, 2.45) is 0 Å². The number of carbonyl (C=O) groups is 3. The maximum absolute atomic E-state index is 12.6. The minimum atomic E-state index is -1.54. The largest absolute Gasteiger partial charge is 0.459 e. The molecule has 2 bridgehead atoms. The van der Waals surface area contributed by atoms with E-state index in [1.165, 1.54) is 25.3 Å². The van der Waals surface area contributed by atoms with Crippen molar-refractivity contribution in [1.82, 2.24) is 5.32 Å². The van der Waals surface area contributed by atoms with Gasteiger partial charge in [-0.25, -0.2) is 4.79 Å². The molecular formula is C17H19NO6. The van der Waals surface area contributed by atoms with Gasteiger partial charge in [-0.1, -0.05) is 0 Å². The van der Waals surface area contributed by atoms with E-state index in [2.05, 4.69) is 5.32 Å². The SMILES string of the molecule is CCO[C@H]1C[C@]2(C)OC(=O)[C@@]1(NC(=O)c1ccco1)C=C2C(C)=O. The Morgan fingerprint density at radius 3 is 2.79 bits per heavy atom. The van der Waals surface area contributed by atoms with Gasteiger partial charge in [-0.05, 0) is 39.0 Å². The summed E-state index contributed by atoms with van der Waals surface area (Å²) < 4.78 is 16.3. The first kappa shape index (κ1) is 16.4. The van der Waals surface area contributed by atoms with Crippen LogP contribution in [0.2, 0.25) is 0 Å². The van der Waals surface area contributed by atoms with Gasteiger partial charge < -0.3 is 19.2 Å². The van der Waals surface area contributed by atoms with Crippen molar-refractivity contribution >= 4 is 17.7 Å². The monoisotopic (exact) mass is 333 g/mol. The van der Waals surface area contributed by atoms with Crippen LogP contribution >= 0.6 is 0 Å². The van der Waals surface area contributed by atoms with E-state index < -0.39 is 29.1 Å². The van der Waals surface area contributed by atoms with Crippen molar-refractivity contribution in [3.8, 4) is 0 Å². The van der Waals surface area contributed by atoms with Gasteiger partial charge in [-0.15, -0.1) is 0 Å². The molecule has 1 amide bonds. The van der Waals surface area contributed by atoms with Gasteiger partial charge in [0.15, 0.2) is 17.1 Å². The van der Waals surface area contributed by atoms with Crippen molar-refractivity contribution in [3.63, 3.8) is 0 Å². The van der Waals surface area contributed by atoms with Crippen molar-refractivity contribution in [1.29, 1.82) is 0 Å². The summed E-state index contributed by atoms with van der Waals surface area (Å²) in [5.74, 6) is -1.37. The molecule has 128 valence electrons. The molecule has 24 heavy (non-hydrogen) atoms. The van der Waals surface area contributed by atoms with Crippen molar-refractivity contribution in [3.05, 3.63) is 35.8 Å². The molecular weight excluding hydrogens is 314 g/mol. The van der Waals surface area contributed by atoms with Crippen LogP contribution in [-0.2, 0) is 19.1 Å². The van der Waals surface area contributed by atoms with Gasteiger partial charge in [-0.2, -0.15) is 0 Å². The van der Waals surface area contributed by atoms with Crippen LogP contribution in [0.25, 0.3) is 0 Å². The van der Waals surface area contributed by atoms with Gasteiger partial charge in [0.2, 0.25) is 0 Å². The second-order valence-electron chi connectivity index (χ2n) is 6.18. The summed E-state index contributed by atoms with van der Waals surface area (Å²) in [6.45, 7) is 5.24. The number of hydrogen-bond donors (Lipinski definition) is 1. The molecule has 0 radical (unpaired) electrons. The van der Waals surface area contributed by atoms with Gasteiger partial charge >= 0.3 is 5.97 Å². The van der Waals surface area contributed by atoms with E-state index in [9.17, 15) is 14.4 Å². The minimum Gasteiger partial charge on any atom is -0.459 e. The van der Waals surface area contributed by atoms with E-state index >= 15 is 0 Å².